The Hall–Kier alpha value is -2.37. The van der Waals surface area contributed by atoms with E-state index in [0.29, 0.717) is 17.8 Å². The van der Waals surface area contributed by atoms with Crippen LogP contribution in [0.4, 0.5) is 5.69 Å². The molecule has 4 saturated carbocycles. The number of nitrogens with one attached hydrogen (secondary N) is 2. The molecule has 4 aliphatic rings. The molecule has 4 fully saturated rings. The van der Waals surface area contributed by atoms with Gasteiger partial charge in [-0.1, -0.05) is 17.7 Å². The average Bonchev–Trinajstić information content (AvgIpc) is 2.69. The molecule has 2 amide bonds. The SMILES string of the molecule is Cc1cc(C)c(NC(=O)C(C)OC(=O)CCNC(=O)C23CC4CC(CC(C4)C2)C3)c(C)c1. The lowest BCUT2D eigenvalue weighted by molar-refractivity contribution is -0.153. The molecule has 32 heavy (non-hydrogen) atoms. The van der Waals surface area contributed by atoms with Crippen molar-refractivity contribution in [1.29, 1.82) is 0 Å². The second-order valence-corrected chi connectivity index (χ2v) is 10.6. The van der Waals surface area contributed by atoms with E-state index in [1.54, 1.807) is 6.92 Å². The van der Waals surface area contributed by atoms with Crippen molar-refractivity contribution in [2.45, 2.75) is 78.7 Å². The van der Waals surface area contributed by atoms with Crippen LogP contribution in [0, 0.1) is 43.9 Å². The lowest BCUT2D eigenvalue weighted by Crippen LogP contribution is -2.53. The summed E-state index contributed by atoms with van der Waals surface area (Å²) >= 11 is 0. The van der Waals surface area contributed by atoms with E-state index in [9.17, 15) is 14.4 Å². The highest BCUT2D eigenvalue weighted by Gasteiger charge is 2.54. The first-order valence-corrected chi connectivity index (χ1v) is 12.0. The van der Waals surface area contributed by atoms with E-state index in [1.807, 2.05) is 32.9 Å². The number of hydrogen-bond acceptors (Lipinski definition) is 4. The Kier molecular flexibility index (Phi) is 6.33. The number of aryl methyl sites for hydroxylation is 3. The molecule has 0 heterocycles. The lowest BCUT2D eigenvalue weighted by atomic mass is 9.49. The third kappa shape index (κ3) is 4.69. The third-order valence-electron chi connectivity index (χ3n) is 7.74. The zero-order valence-corrected chi connectivity index (χ0v) is 19.8. The molecular weight excluding hydrogens is 404 g/mol. The maximum atomic E-state index is 13.0. The molecule has 5 rings (SSSR count). The quantitative estimate of drug-likeness (QED) is 0.622. The van der Waals surface area contributed by atoms with Gasteiger partial charge in [0.25, 0.3) is 5.91 Å². The van der Waals surface area contributed by atoms with Crippen molar-refractivity contribution in [2.24, 2.45) is 23.2 Å². The summed E-state index contributed by atoms with van der Waals surface area (Å²) in [6.45, 7) is 7.72. The zero-order chi connectivity index (χ0) is 23.0. The molecule has 0 saturated heterocycles. The molecule has 1 unspecified atom stereocenters. The van der Waals surface area contributed by atoms with Crippen molar-refractivity contribution in [1.82, 2.24) is 5.32 Å². The second kappa shape index (κ2) is 8.87. The topological polar surface area (TPSA) is 84.5 Å². The third-order valence-corrected chi connectivity index (χ3v) is 7.74. The van der Waals surface area contributed by atoms with E-state index in [4.69, 9.17) is 4.74 Å². The summed E-state index contributed by atoms with van der Waals surface area (Å²) in [5.74, 6) is 1.40. The largest absolute Gasteiger partial charge is 0.452 e. The van der Waals surface area contributed by atoms with Gasteiger partial charge in [0.15, 0.2) is 6.10 Å². The summed E-state index contributed by atoms with van der Waals surface area (Å²) in [4.78, 5) is 37.8. The number of carbonyl (C=O) groups is 3. The predicted molar refractivity (Wildman–Crippen MR) is 123 cm³/mol. The maximum absolute atomic E-state index is 13.0. The summed E-state index contributed by atoms with van der Waals surface area (Å²) in [5, 5.41) is 5.87. The van der Waals surface area contributed by atoms with Crippen molar-refractivity contribution < 1.29 is 19.1 Å². The minimum atomic E-state index is -0.901. The molecular formula is C26H36N2O4. The highest BCUT2D eigenvalue weighted by molar-refractivity contribution is 5.96. The number of hydrogen-bond donors (Lipinski definition) is 2. The average molecular weight is 441 g/mol. The lowest BCUT2D eigenvalue weighted by Gasteiger charge is -2.55. The molecule has 0 aliphatic heterocycles. The molecule has 174 valence electrons. The van der Waals surface area contributed by atoms with E-state index in [1.165, 1.54) is 19.3 Å². The van der Waals surface area contributed by atoms with Crippen LogP contribution in [0.15, 0.2) is 12.1 Å². The summed E-state index contributed by atoms with van der Waals surface area (Å²) in [7, 11) is 0. The van der Waals surface area contributed by atoms with Gasteiger partial charge in [0.2, 0.25) is 5.91 Å². The molecule has 1 atom stereocenters. The van der Waals surface area contributed by atoms with Gasteiger partial charge in [-0.2, -0.15) is 0 Å². The number of ether oxygens (including phenoxy) is 1. The zero-order valence-electron chi connectivity index (χ0n) is 19.8. The van der Waals surface area contributed by atoms with E-state index >= 15 is 0 Å². The monoisotopic (exact) mass is 440 g/mol. The van der Waals surface area contributed by atoms with Gasteiger partial charge in [0, 0.05) is 17.6 Å². The number of rotatable bonds is 7. The predicted octanol–water partition coefficient (Wildman–Crippen LogP) is 4.20. The minimum Gasteiger partial charge on any atom is -0.452 e. The molecule has 1 aromatic rings. The Bertz CT molecular complexity index is 864. The molecule has 2 N–H and O–H groups in total. The van der Waals surface area contributed by atoms with Crippen molar-refractivity contribution in [3.8, 4) is 0 Å². The standard InChI is InChI=1S/C26H36N2O4/c1-15-7-16(2)23(17(3)8-15)28-24(30)18(4)32-22(29)5-6-27-25(31)26-12-19-9-20(13-26)11-21(10-19)14-26/h7-8,18-21H,5-6,9-14H2,1-4H3,(H,27,31)(H,28,30). The van der Waals surface area contributed by atoms with Crippen LogP contribution in [0.2, 0.25) is 0 Å². The van der Waals surface area contributed by atoms with E-state index < -0.39 is 12.1 Å². The first kappa shape index (κ1) is 22.8. The van der Waals surface area contributed by atoms with Crippen LogP contribution in [-0.2, 0) is 19.1 Å². The van der Waals surface area contributed by atoms with E-state index in [0.717, 1.165) is 41.6 Å². The molecule has 0 aromatic heterocycles. The van der Waals surface area contributed by atoms with E-state index in [-0.39, 0.29) is 30.2 Å². The van der Waals surface area contributed by atoms with Gasteiger partial charge in [-0.15, -0.1) is 0 Å². The number of carbonyl (C=O) groups excluding carboxylic acids is 3. The maximum Gasteiger partial charge on any atom is 0.308 e. The molecule has 0 radical (unpaired) electrons. The Balaban J connectivity index is 1.23. The van der Waals surface area contributed by atoms with Crippen LogP contribution in [-0.4, -0.2) is 30.4 Å². The minimum absolute atomic E-state index is 0.0678. The van der Waals surface area contributed by atoms with Crippen LogP contribution >= 0.6 is 0 Å². The fraction of sp³-hybridized carbons (Fsp3) is 0.654. The van der Waals surface area contributed by atoms with Crippen LogP contribution < -0.4 is 10.6 Å². The van der Waals surface area contributed by atoms with Gasteiger partial charge >= 0.3 is 5.97 Å². The van der Waals surface area contributed by atoms with Crippen LogP contribution in [0.3, 0.4) is 0 Å². The summed E-state index contributed by atoms with van der Waals surface area (Å²) in [5.41, 5.74) is 3.62. The van der Waals surface area contributed by atoms with Gasteiger partial charge in [0.1, 0.15) is 0 Å². The van der Waals surface area contributed by atoms with E-state index in [2.05, 4.69) is 10.6 Å². The number of anilines is 1. The molecule has 0 spiro atoms. The van der Waals surface area contributed by atoms with Crippen LogP contribution in [0.1, 0.15) is 68.6 Å². The normalized spacial score (nSPS) is 28.8. The Morgan fingerprint density at radius 3 is 2.06 bits per heavy atom. The first-order valence-electron chi connectivity index (χ1n) is 12.0. The Morgan fingerprint density at radius 1 is 1.00 bits per heavy atom. The summed E-state index contributed by atoms with van der Waals surface area (Å²) in [6, 6.07) is 4.01. The summed E-state index contributed by atoms with van der Waals surface area (Å²) < 4.78 is 5.32. The van der Waals surface area contributed by atoms with Gasteiger partial charge in [-0.25, -0.2) is 0 Å². The van der Waals surface area contributed by atoms with Crippen molar-refractivity contribution in [2.75, 3.05) is 11.9 Å². The fourth-order valence-electron chi connectivity index (χ4n) is 6.77. The van der Waals surface area contributed by atoms with Crippen LogP contribution in [0.25, 0.3) is 0 Å². The Morgan fingerprint density at radius 2 is 1.53 bits per heavy atom. The summed E-state index contributed by atoms with van der Waals surface area (Å²) in [6.07, 6.45) is 6.06. The second-order valence-electron chi connectivity index (χ2n) is 10.6. The first-order chi connectivity index (χ1) is 15.1. The van der Waals surface area contributed by atoms with Crippen LogP contribution in [0.5, 0.6) is 0 Å². The fourth-order valence-corrected chi connectivity index (χ4v) is 6.77. The van der Waals surface area contributed by atoms with Gasteiger partial charge < -0.3 is 15.4 Å². The number of amides is 2. The highest BCUT2D eigenvalue weighted by Crippen LogP contribution is 2.60. The van der Waals surface area contributed by atoms with Crippen molar-refractivity contribution in [3.05, 3.63) is 28.8 Å². The van der Waals surface area contributed by atoms with Crippen molar-refractivity contribution in [3.63, 3.8) is 0 Å². The number of benzene rings is 1. The van der Waals surface area contributed by atoms with Gasteiger partial charge in [0.05, 0.1) is 6.42 Å². The smallest absolute Gasteiger partial charge is 0.308 e. The Labute approximate surface area is 190 Å². The molecule has 6 heteroatoms. The molecule has 4 bridgehead atoms. The van der Waals surface area contributed by atoms with Gasteiger partial charge in [-0.3, -0.25) is 14.4 Å². The number of esters is 1. The molecule has 1 aromatic carbocycles. The highest BCUT2D eigenvalue weighted by atomic mass is 16.5. The molecule has 6 nitrogen and oxygen atoms in total. The van der Waals surface area contributed by atoms with Crippen molar-refractivity contribution >= 4 is 23.5 Å². The van der Waals surface area contributed by atoms with Gasteiger partial charge in [-0.05, 0) is 95.1 Å². The molecule has 4 aliphatic carbocycles.